The first-order valence-electron chi connectivity index (χ1n) is 11.6. The number of para-hydroxylation sites is 1. The summed E-state index contributed by atoms with van der Waals surface area (Å²) in [6.45, 7) is 2.03. The molecule has 0 atom stereocenters. The van der Waals surface area contributed by atoms with Gasteiger partial charge in [-0.05, 0) is 61.4 Å². The number of halogens is 2. The molecule has 3 aromatic carbocycles. The summed E-state index contributed by atoms with van der Waals surface area (Å²) in [6.07, 6.45) is 0.640. The van der Waals surface area contributed by atoms with Gasteiger partial charge in [-0.15, -0.1) is 0 Å². The Morgan fingerprint density at radius 3 is 2.53 bits per heavy atom. The van der Waals surface area contributed by atoms with Gasteiger partial charge in [0.15, 0.2) is 4.80 Å². The molecule has 38 heavy (non-hydrogen) atoms. The highest BCUT2D eigenvalue weighted by molar-refractivity contribution is 7.92. The Kier molecular flexibility index (Phi) is 7.32. The highest BCUT2D eigenvalue weighted by atomic mass is 35.5. The summed E-state index contributed by atoms with van der Waals surface area (Å²) >= 11 is 13.8. The van der Waals surface area contributed by atoms with Gasteiger partial charge in [-0.25, -0.2) is 8.42 Å². The van der Waals surface area contributed by atoms with Crippen LogP contribution in [0.1, 0.15) is 22.8 Å². The van der Waals surface area contributed by atoms with Crippen LogP contribution < -0.4 is 9.11 Å². The fourth-order valence-corrected chi connectivity index (χ4v) is 7.29. The molecule has 0 N–H and O–H groups in total. The van der Waals surface area contributed by atoms with Crippen molar-refractivity contribution in [1.29, 1.82) is 0 Å². The van der Waals surface area contributed by atoms with E-state index < -0.39 is 21.9 Å². The lowest BCUT2D eigenvalue weighted by molar-refractivity contribution is -0.143. The molecule has 196 valence electrons. The van der Waals surface area contributed by atoms with Crippen molar-refractivity contribution in [2.24, 2.45) is 4.99 Å². The molecule has 5 rings (SSSR count). The lowest BCUT2D eigenvalue weighted by atomic mass is 10.2. The third-order valence-electron chi connectivity index (χ3n) is 6.06. The van der Waals surface area contributed by atoms with E-state index in [9.17, 15) is 18.0 Å². The minimum Gasteiger partial charge on any atom is -0.465 e. The number of nitrogens with zero attached hydrogens (tertiary/aromatic N) is 3. The van der Waals surface area contributed by atoms with E-state index in [4.69, 9.17) is 27.9 Å². The number of carbonyl (C=O) groups is 2. The predicted molar refractivity (Wildman–Crippen MR) is 147 cm³/mol. The van der Waals surface area contributed by atoms with Crippen molar-refractivity contribution in [2.45, 2.75) is 24.8 Å². The summed E-state index contributed by atoms with van der Waals surface area (Å²) in [6, 6.07) is 16.4. The minimum absolute atomic E-state index is 0.0754. The molecule has 12 heteroatoms. The summed E-state index contributed by atoms with van der Waals surface area (Å²) in [7, 11) is -3.79. The minimum atomic E-state index is -3.79. The molecule has 0 bridgehead atoms. The molecule has 8 nitrogen and oxygen atoms in total. The van der Waals surface area contributed by atoms with Gasteiger partial charge < -0.3 is 9.30 Å². The number of hydrogen-bond acceptors (Lipinski definition) is 6. The maximum Gasteiger partial charge on any atom is 0.326 e. The van der Waals surface area contributed by atoms with Crippen molar-refractivity contribution in [2.75, 3.05) is 17.5 Å². The second-order valence-electron chi connectivity index (χ2n) is 8.38. The Labute approximate surface area is 232 Å². The van der Waals surface area contributed by atoms with Crippen LogP contribution in [0.15, 0.2) is 70.6 Å². The predicted octanol–water partition coefficient (Wildman–Crippen LogP) is 5.07. The zero-order valence-corrected chi connectivity index (χ0v) is 23.2. The SMILES string of the molecule is CCOC(=O)Cn1c(=NC(=O)c2ccc(S(=O)(=O)N3CCc4ccccc43)cc2)sc2ccc(Cl)c(Cl)c21. The number of fused-ring (bicyclic) bond motifs is 2. The molecule has 1 aliphatic rings. The van der Waals surface area contributed by atoms with Gasteiger partial charge in [0.25, 0.3) is 15.9 Å². The summed E-state index contributed by atoms with van der Waals surface area (Å²) in [4.78, 5) is 29.9. The van der Waals surface area contributed by atoms with Crippen molar-refractivity contribution in [1.82, 2.24) is 4.57 Å². The molecule has 0 aliphatic carbocycles. The van der Waals surface area contributed by atoms with Crippen molar-refractivity contribution < 1.29 is 22.7 Å². The number of sulfonamides is 1. The quantitative estimate of drug-likeness (QED) is 0.293. The van der Waals surface area contributed by atoms with E-state index in [0.717, 1.165) is 5.56 Å². The molecule has 0 unspecified atom stereocenters. The van der Waals surface area contributed by atoms with E-state index in [1.807, 2.05) is 12.1 Å². The van der Waals surface area contributed by atoms with Crippen LogP contribution >= 0.6 is 34.5 Å². The Morgan fingerprint density at radius 1 is 1.05 bits per heavy atom. The lowest BCUT2D eigenvalue weighted by Crippen LogP contribution is -2.29. The third kappa shape index (κ3) is 4.84. The van der Waals surface area contributed by atoms with Crippen LogP contribution in [-0.2, 0) is 32.5 Å². The number of ether oxygens (including phenoxy) is 1. The standard InChI is InChI=1S/C26H21Cl2N3O5S2/c1-2-36-22(32)15-30-24-21(12-11-19(27)23(24)28)37-26(30)29-25(33)17-7-9-18(10-8-17)38(34,35)31-14-13-16-5-3-4-6-20(16)31/h3-12H,2,13-15H2,1H3. The molecule has 0 saturated heterocycles. The van der Waals surface area contributed by atoms with Gasteiger partial charge in [0.05, 0.1) is 37.5 Å². The van der Waals surface area contributed by atoms with E-state index in [0.29, 0.717) is 33.9 Å². The monoisotopic (exact) mass is 589 g/mol. The average Bonchev–Trinajstić information content (AvgIpc) is 3.49. The number of thiazole rings is 1. The highest BCUT2D eigenvalue weighted by Crippen LogP contribution is 2.33. The Balaban J connectivity index is 1.49. The van der Waals surface area contributed by atoms with E-state index in [2.05, 4.69) is 4.99 Å². The van der Waals surface area contributed by atoms with Crippen LogP contribution in [0.3, 0.4) is 0 Å². The van der Waals surface area contributed by atoms with Gasteiger partial charge in [0, 0.05) is 12.1 Å². The first-order chi connectivity index (χ1) is 18.2. The molecule has 0 radical (unpaired) electrons. The van der Waals surface area contributed by atoms with Gasteiger partial charge in [-0.2, -0.15) is 4.99 Å². The van der Waals surface area contributed by atoms with Crippen LogP contribution in [0.4, 0.5) is 5.69 Å². The van der Waals surface area contributed by atoms with Gasteiger partial charge in [-0.1, -0.05) is 52.7 Å². The number of benzene rings is 3. The average molecular weight is 591 g/mol. The molecular weight excluding hydrogens is 569 g/mol. The molecule has 2 heterocycles. The lowest BCUT2D eigenvalue weighted by Gasteiger charge is -2.19. The van der Waals surface area contributed by atoms with Crippen LogP contribution in [0, 0.1) is 0 Å². The number of esters is 1. The third-order valence-corrected chi connectivity index (χ3v) is 9.72. The van der Waals surface area contributed by atoms with E-state index in [1.54, 1.807) is 31.2 Å². The molecule has 4 aromatic rings. The number of anilines is 1. The maximum absolute atomic E-state index is 13.3. The Hall–Kier alpha value is -3.18. The van der Waals surface area contributed by atoms with Crippen LogP contribution in [0.25, 0.3) is 10.2 Å². The summed E-state index contributed by atoms with van der Waals surface area (Å²) in [5, 5.41) is 0.529. The fourth-order valence-electron chi connectivity index (χ4n) is 4.28. The molecule has 1 amide bonds. The molecule has 0 fully saturated rings. The zero-order chi connectivity index (χ0) is 27.0. The summed E-state index contributed by atoms with van der Waals surface area (Å²) < 4.78 is 35.2. The first-order valence-corrected chi connectivity index (χ1v) is 14.6. The summed E-state index contributed by atoms with van der Waals surface area (Å²) in [5.41, 5.74) is 2.30. The van der Waals surface area contributed by atoms with E-state index in [-0.39, 0.29) is 33.4 Å². The number of aromatic nitrogens is 1. The van der Waals surface area contributed by atoms with Gasteiger partial charge in [0.1, 0.15) is 6.54 Å². The number of rotatable bonds is 6. The Morgan fingerprint density at radius 2 is 1.79 bits per heavy atom. The normalized spacial score (nSPS) is 13.7. The van der Waals surface area contributed by atoms with E-state index in [1.165, 1.54) is 44.5 Å². The number of amides is 1. The van der Waals surface area contributed by atoms with Gasteiger partial charge in [-0.3, -0.25) is 13.9 Å². The highest BCUT2D eigenvalue weighted by Gasteiger charge is 2.30. The van der Waals surface area contributed by atoms with Crippen molar-refractivity contribution in [3.63, 3.8) is 0 Å². The van der Waals surface area contributed by atoms with Crippen molar-refractivity contribution in [3.05, 3.63) is 86.6 Å². The van der Waals surface area contributed by atoms with Crippen molar-refractivity contribution >= 4 is 72.3 Å². The van der Waals surface area contributed by atoms with Crippen LogP contribution in [-0.4, -0.2) is 38.0 Å². The molecule has 1 aromatic heterocycles. The van der Waals surface area contributed by atoms with Gasteiger partial charge >= 0.3 is 5.97 Å². The van der Waals surface area contributed by atoms with E-state index >= 15 is 0 Å². The first kappa shape index (κ1) is 26.4. The largest absolute Gasteiger partial charge is 0.465 e. The smallest absolute Gasteiger partial charge is 0.326 e. The molecular formula is C26H21Cl2N3O5S2. The summed E-state index contributed by atoms with van der Waals surface area (Å²) in [5.74, 6) is -1.12. The second-order valence-corrected chi connectivity index (χ2v) is 12.0. The van der Waals surface area contributed by atoms with Gasteiger partial charge in [0.2, 0.25) is 0 Å². The van der Waals surface area contributed by atoms with Crippen molar-refractivity contribution in [3.8, 4) is 0 Å². The van der Waals surface area contributed by atoms with Crippen LogP contribution in [0.5, 0.6) is 0 Å². The van der Waals surface area contributed by atoms with Crippen LogP contribution in [0.2, 0.25) is 10.0 Å². The topological polar surface area (TPSA) is 98.0 Å². The number of carbonyl (C=O) groups excluding carboxylic acids is 2. The fraction of sp³-hybridized carbons (Fsp3) is 0.192. The molecule has 1 aliphatic heterocycles. The number of hydrogen-bond donors (Lipinski definition) is 0. The Bertz CT molecular complexity index is 1750. The molecule has 0 spiro atoms. The second kappa shape index (κ2) is 10.5. The maximum atomic E-state index is 13.3. The molecule has 0 saturated carbocycles. The zero-order valence-electron chi connectivity index (χ0n) is 20.1.